The third kappa shape index (κ3) is 3.61. The van der Waals surface area contributed by atoms with Crippen molar-refractivity contribution >= 4 is 35.6 Å². The normalized spacial score (nSPS) is 22.3. The van der Waals surface area contributed by atoms with Crippen molar-refractivity contribution in [2.24, 2.45) is 0 Å². The lowest BCUT2D eigenvalue weighted by atomic mass is 10.2. The molecule has 124 valence electrons. The average molecular weight is 353 g/mol. The molecule has 2 heterocycles. The van der Waals surface area contributed by atoms with Crippen LogP contribution in [0.3, 0.4) is 0 Å². The summed E-state index contributed by atoms with van der Waals surface area (Å²) < 4.78 is 10.2. The highest BCUT2D eigenvalue weighted by atomic mass is 32.2. The van der Waals surface area contributed by atoms with Crippen molar-refractivity contribution in [3.63, 3.8) is 0 Å². The Bertz CT molecular complexity index is 575. The van der Waals surface area contributed by atoms with Crippen LogP contribution in [0.5, 0.6) is 0 Å². The molecule has 7 heteroatoms. The van der Waals surface area contributed by atoms with Crippen LogP contribution in [0.1, 0.15) is 12.0 Å². The van der Waals surface area contributed by atoms with Crippen molar-refractivity contribution in [1.29, 1.82) is 0 Å². The van der Waals surface area contributed by atoms with Crippen LogP contribution in [0.4, 0.5) is 4.79 Å². The molecule has 1 amide bonds. The molecule has 0 aromatic heterocycles. The maximum Gasteiger partial charge on any atom is 0.410 e. The van der Waals surface area contributed by atoms with E-state index in [1.54, 1.807) is 0 Å². The summed E-state index contributed by atoms with van der Waals surface area (Å²) in [7, 11) is 1.36. The minimum Gasteiger partial charge on any atom is -0.467 e. The Morgan fingerprint density at radius 1 is 1.26 bits per heavy atom. The SMILES string of the molecule is COC(=O)[C@@H]1CC2(CN1C(=O)OCc1ccccc1)SCCS2. The van der Waals surface area contributed by atoms with E-state index in [1.807, 2.05) is 53.9 Å². The van der Waals surface area contributed by atoms with E-state index in [-0.39, 0.29) is 16.7 Å². The number of likely N-dealkylation sites (tertiary alicyclic amines) is 1. The highest BCUT2D eigenvalue weighted by Gasteiger charge is 2.52. The standard InChI is InChI=1S/C16H19NO4S2/c1-20-14(18)13-9-16(22-7-8-23-16)11-17(13)15(19)21-10-12-5-3-2-4-6-12/h2-6,13H,7-11H2,1H3/t13-/m0/s1. The molecule has 2 aliphatic rings. The van der Waals surface area contributed by atoms with E-state index in [2.05, 4.69) is 0 Å². The number of methoxy groups -OCH3 is 1. The number of carbonyl (C=O) groups is 2. The quantitative estimate of drug-likeness (QED) is 0.779. The summed E-state index contributed by atoms with van der Waals surface area (Å²) in [6.07, 6.45) is 0.171. The van der Waals surface area contributed by atoms with Gasteiger partial charge in [0.25, 0.3) is 0 Å². The zero-order valence-corrected chi connectivity index (χ0v) is 14.5. The minimum absolute atomic E-state index is 0.0926. The van der Waals surface area contributed by atoms with Crippen LogP contribution in [-0.4, -0.2) is 52.2 Å². The predicted octanol–water partition coefficient (Wildman–Crippen LogP) is 2.75. The van der Waals surface area contributed by atoms with Gasteiger partial charge in [0.05, 0.1) is 11.2 Å². The number of amides is 1. The number of rotatable bonds is 3. The molecule has 2 aliphatic heterocycles. The van der Waals surface area contributed by atoms with Gasteiger partial charge in [-0.2, -0.15) is 0 Å². The van der Waals surface area contributed by atoms with E-state index in [9.17, 15) is 9.59 Å². The molecule has 0 aliphatic carbocycles. The van der Waals surface area contributed by atoms with E-state index >= 15 is 0 Å². The van der Waals surface area contributed by atoms with E-state index in [0.717, 1.165) is 17.1 Å². The largest absolute Gasteiger partial charge is 0.467 e. The van der Waals surface area contributed by atoms with Crippen molar-refractivity contribution in [1.82, 2.24) is 4.90 Å². The molecule has 3 rings (SSSR count). The molecular formula is C16H19NO4S2. The molecule has 0 saturated carbocycles. The summed E-state index contributed by atoms with van der Waals surface area (Å²) in [6, 6.07) is 8.96. The summed E-state index contributed by atoms with van der Waals surface area (Å²) >= 11 is 3.65. The Hall–Kier alpha value is -1.34. The first-order chi connectivity index (χ1) is 11.1. The smallest absolute Gasteiger partial charge is 0.410 e. The summed E-state index contributed by atoms with van der Waals surface area (Å²) in [4.78, 5) is 26.0. The molecule has 0 radical (unpaired) electrons. The van der Waals surface area contributed by atoms with Crippen molar-refractivity contribution in [2.75, 3.05) is 25.2 Å². The second-order valence-electron chi connectivity index (χ2n) is 5.52. The van der Waals surface area contributed by atoms with Gasteiger partial charge in [0, 0.05) is 24.5 Å². The fraction of sp³-hybridized carbons (Fsp3) is 0.500. The van der Waals surface area contributed by atoms with Crippen molar-refractivity contribution in [3.8, 4) is 0 Å². The monoisotopic (exact) mass is 353 g/mol. The molecule has 0 bridgehead atoms. The molecule has 5 nitrogen and oxygen atoms in total. The Balaban J connectivity index is 1.67. The molecule has 2 fully saturated rings. The Labute approximate surface area is 144 Å². The Morgan fingerprint density at radius 3 is 2.61 bits per heavy atom. The topological polar surface area (TPSA) is 55.8 Å². The summed E-state index contributed by atoms with van der Waals surface area (Å²) in [5.74, 6) is 1.73. The van der Waals surface area contributed by atoms with Gasteiger partial charge in [0.1, 0.15) is 12.6 Å². The van der Waals surface area contributed by atoms with E-state index in [4.69, 9.17) is 9.47 Å². The predicted molar refractivity (Wildman–Crippen MR) is 91.4 cm³/mol. The number of thioether (sulfide) groups is 2. The highest BCUT2D eigenvalue weighted by molar-refractivity contribution is 8.21. The van der Waals surface area contributed by atoms with Crippen molar-refractivity contribution < 1.29 is 19.1 Å². The lowest BCUT2D eigenvalue weighted by Gasteiger charge is -2.22. The first-order valence-corrected chi connectivity index (χ1v) is 9.44. The molecule has 1 aromatic carbocycles. The molecule has 0 unspecified atom stereocenters. The van der Waals surface area contributed by atoms with Crippen LogP contribution in [0.2, 0.25) is 0 Å². The van der Waals surface area contributed by atoms with Gasteiger partial charge in [0.15, 0.2) is 0 Å². The zero-order valence-electron chi connectivity index (χ0n) is 12.9. The van der Waals surface area contributed by atoms with E-state index < -0.39 is 12.1 Å². The van der Waals surface area contributed by atoms with Crippen LogP contribution >= 0.6 is 23.5 Å². The van der Waals surface area contributed by atoms with Crippen LogP contribution in [0.15, 0.2) is 30.3 Å². The van der Waals surface area contributed by atoms with Gasteiger partial charge in [-0.25, -0.2) is 9.59 Å². The number of hydrogen-bond acceptors (Lipinski definition) is 6. The van der Waals surface area contributed by atoms with Crippen molar-refractivity contribution in [3.05, 3.63) is 35.9 Å². The zero-order chi connectivity index (χ0) is 16.3. The Kier molecular flexibility index (Phi) is 5.06. The fourth-order valence-electron chi connectivity index (χ4n) is 2.89. The Morgan fingerprint density at radius 2 is 1.96 bits per heavy atom. The number of ether oxygens (including phenoxy) is 2. The summed E-state index contributed by atoms with van der Waals surface area (Å²) in [5.41, 5.74) is 0.925. The summed E-state index contributed by atoms with van der Waals surface area (Å²) in [6.45, 7) is 0.729. The van der Waals surface area contributed by atoms with Gasteiger partial charge in [-0.05, 0) is 5.56 Å². The number of carbonyl (C=O) groups excluding carboxylic acids is 2. The van der Waals surface area contributed by atoms with Gasteiger partial charge in [-0.15, -0.1) is 23.5 Å². The molecule has 0 N–H and O–H groups in total. The van der Waals surface area contributed by atoms with Crippen LogP contribution in [-0.2, 0) is 20.9 Å². The van der Waals surface area contributed by atoms with Crippen molar-refractivity contribution in [2.45, 2.75) is 23.1 Å². The molecule has 2 saturated heterocycles. The van der Waals surface area contributed by atoms with Gasteiger partial charge in [0.2, 0.25) is 0 Å². The molecular weight excluding hydrogens is 334 g/mol. The van der Waals surface area contributed by atoms with Gasteiger partial charge < -0.3 is 9.47 Å². The molecule has 23 heavy (non-hydrogen) atoms. The third-order valence-corrected chi connectivity index (χ3v) is 7.44. The lowest BCUT2D eigenvalue weighted by molar-refractivity contribution is -0.145. The minimum atomic E-state index is -0.554. The molecule has 1 spiro atoms. The average Bonchev–Trinajstić information content (AvgIpc) is 3.20. The summed E-state index contributed by atoms with van der Waals surface area (Å²) in [5, 5.41) is 0. The number of nitrogens with zero attached hydrogens (tertiary/aromatic N) is 1. The van der Waals surface area contributed by atoms with Crippen LogP contribution in [0, 0.1) is 0 Å². The van der Waals surface area contributed by atoms with Crippen LogP contribution < -0.4 is 0 Å². The second kappa shape index (κ2) is 7.05. The van der Waals surface area contributed by atoms with E-state index in [0.29, 0.717) is 13.0 Å². The number of benzene rings is 1. The number of esters is 1. The second-order valence-corrected chi connectivity index (χ2v) is 8.73. The van der Waals surface area contributed by atoms with Gasteiger partial charge >= 0.3 is 12.1 Å². The van der Waals surface area contributed by atoms with Crippen LogP contribution in [0.25, 0.3) is 0 Å². The maximum atomic E-state index is 12.5. The van der Waals surface area contributed by atoms with Gasteiger partial charge in [-0.1, -0.05) is 30.3 Å². The lowest BCUT2D eigenvalue weighted by Crippen LogP contribution is -2.41. The molecule has 1 atom stereocenters. The van der Waals surface area contributed by atoms with Gasteiger partial charge in [-0.3, -0.25) is 4.90 Å². The third-order valence-electron chi connectivity index (χ3n) is 4.02. The number of hydrogen-bond donors (Lipinski definition) is 0. The maximum absolute atomic E-state index is 12.5. The first kappa shape index (κ1) is 16.5. The highest BCUT2D eigenvalue weighted by Crippen LogP contribution is 2.52. The van der Waals surface area contributed by atoms with E-state index in [1.165, 1.54) is 12.0 Å². The first-order valence-electron chi connectivity index (χ1n) is 7.47. The molecule has 1 aromatic rings. The fourth-order valence-corrected chi connectivity index (χ4v) is 6.14.